The van der Waals surface area contributed by atoms with Crippen molar-refractivity contribution in [2.75, 3.05) is 0 Å². The first-order valence-electron chi connectivity index (χ1n) is 0. The van der Waals surface area contributed by atoms with Gasteiger partial charge in [-0.2, -0.15) is 0 Å². The summed E-state index contributed by atoms with van der Waals surface area (Å²) in [6, 6.07) is 0. The van der Waals surface area contributed by atoms with Crippen molar-refractivity contribution >= 4 is 0 Å². The number of hydrogen-bond acceptors (Lipinski definition) is 0. The van der Waals surface area contributed by atoms with Crippen LogP contribution in [0.2, 0.25) is 0 Å². The van der Waals surface area contributed by atoms with E-state index in [4.69, 9.17) is 0 Å². The van der Waals surface area contributed by atoms with Crippen molar-refractivity contribution in [3.8, 4) is 0 Å². The molecule has 24 valence electrons. The summed E-state index contributed by atoms with van der Waals surface area (Å²) in [7, 11) is 0. The van der Waals surface area contributed by atoms with Crippen molar-refractivity contribution in [1.82, 2.24) is 0 Å². The van der Waals surface area contributed by atoms with Gasteiger partial charge in [0, 0.05) is 0 Å². The first-order valence-corrected chi connectivity index (χ1v) is 0. The zero-order valence-electron chi connectivity index (χ0n) is 2.84. The summed E-state index contributed by atoms with van der Waals surface area (Å²) in [6.45, 7) is 0. The largest absolute Gasteiger partial charge is 2.00 e. The van der Waals surface area contributed by atoms with Crippen molar-refractivity contribution in [3.05, 3.63) is 0 Å². The molecule has 0 aromatic rings. The van der Waals surface area contributed by atoms with Crippen LogP contribution < -0.4 is 97.8 Å². The van der Waals surface area contributed by atoms with Gasteiger partial charge in [0.25, 0.3) is 0 Å². The van der Waals surface area contributed by atoms with E-state index in [2.05, 4.69) is 0 Å². The third-order valence-electron chi connectivity index (χ3n) is 0. The van der Waals surface area contributed by atoms with E-state index in [1.54, 1.807) is 0 Å². The molecule has 0 heterocycles. The smallest absolute Gasteiger partial charge is 1.00 e. The van der Waals surface area contributed by atoms with E-state index in [0.29, 0.717) is 0 Å². The normalized spacial score (nSPS) is 0. The van der Waals surface area contributed by atoms with Crippen LogP contribution in [0.3, 0.4) is 0 Å². The molecule has 0 nitrogen and oxygen atoms in total. The maximum atomic E-state index is 0. The third kappa shape index (κ3) is 18.5. The van der Waals surface area contributed by atoms with Gasteiger partial charge in [-0.1, -0.05) is 0 Å². The maximum absolute atomic E-state index is 0. The zero-order chi connectivity index (χ0) is 0. The van der Waals surface area contributed by atoms with Crippen LogP contribution >= 0.6 is 0 Å². The quantitative estimate of drug-likeness (QED) is 0.390. The fraction of sp³-hybridized carbons (Fsp3) is 0. The molecule has 0 rings (SSSR count). The molecule has 0 radical (unpaired) electrons. The number of rotatable bonds is 0. The second kappa shape index (κ2) is 25.8. The van der Waals surface area contributed by atoms with Crippen molar-refractivity contribution in [2.24, 2.45) is 0 Å². The molecule has 0 saturated heterocycles. The van der Waals surface area contributed by atoms with Gasteiger partial charge in [-0.05, 0) is 0 Å². The average molecular weight is 300 g/mol. The summed E-state index contributed by atoms with van der Waals surface area (Å²) in [5, 5.41) is 0. The summed E-state index contributed by atoms with van der Waals surface area (Å²) in [6.07, 6.45) is 0. The molecular weight excluding hydrogens is 300 g/mol. The summed E-state index contributed by atoms with van der Waals surface area (Å²) in [5.74, 6) is 0. The standard InChI is InChI=1S/2BrH.ClH.K.Zn/h3*1H;;/q;;;+1;+2/p-3. The Morgan fingerprint density at radius 2 is 0.800 bits per heavy atom. The molecule has 0 aliphatic carbocycles. The topological polar surface area (TPSA) is 0 Å². The molecule has 0 saturated carbocycles. The Labute approximate surface area is 114 Å². The van der Waals surface area contributed by atoms with Crippen LogP contribution in [0.15, 0.2) is 0 Å². The van der Waals surface area contributed by atoms with Gasteiger partial charge in [0.15, 0.2) is 0 Å². The van der Waals surface area contributed by atoms with E-state index in [9.17, 15) is 0 Å². The minimum Gasteiger partial charge on any atom is -1.00 e. The Morgan fingerprint density at radius 1 is 0.800 bits per heavy atom. The number of hydrogen-bond donors (Lipinski definition) is 0. The minimum atomic E-state index is 0. The van der Waals surface area contributed by atoms with Gasteiger partial charge in [-0.3, -0.25) is 0 Å². The first-order chi connectivity index (χ1) is 0. The van der Waals surface area contributed by atoms with Crippen molar-refractivity contribution < 1.29 is 117 Å². The Hall–Kier alpha value is 3.51. The maximum Gasteiger partial charge on any atom is 2.00 e. The minimum absolute atomic E-state index is 0. The molecule has 5 heteroatoms. The van der Waals surface area contributed by atoms with Crippen LogP contribution in [-0.4, -0.2) is 0 Å². The van der Waals surface area contributed by atoms with Crippen molar-refractivity contribution in [3.63, 3.8) is 0 Å². The van der Waals surface area contributed by atoms with E-state index in [1.807, 2.05) is 0 Å². The SMILES string of the molecule is [Br-].[Br-].[Cl-].[K+].[Zn+2]. The second-order valence-corrected chi connectivity index (χ2v) is 0. The average Bonchev–Trinajstić information content (AvgIpc) is 0. The molecule has 0 bridgehead atoms. The Morgan fingerprint density at radius 3 is 0.800 bits per heavy atom. The zero-order valence-corrected chi connectivity index (χ0v) is 12.9. The van der Waals surface area contributed by atoms with E-state index < -0.39 is 0 Å². The molecule has 5 heavy (non-hydrogen) atoms. The fourth-order valence-corrected chi connectivity index (χ4v) is 0. The van der Waals surface area contributed by atoms with Gasteiger partial charge < -0.3 is 46.4 Å². The van der Waals surface area contributed by atoms with Crippen LogP contribution in [0.5, 0.6) is 0 Å². The van der Waals surface area contributed by atoms with E-state index in [-0.39, 0.29) is 117 Å². The summed E-state index contributed by atoms with van der Waals surface area (Å²) >= 11 is 0. The molecular formula is Br2ClKZn. The van der Waals surface area contributed by atoms with Crippen LogP contribution in [0.4, 0.5) is 0 Å². The van der Waals surface area contributed by atoms with Gasteiger partial charge in [0.1, 0.15) is 0 Å². The van der Waals surface area contributed by atoms with Gasteiger partial charge >= 0.3 is 70.9 Å². The molecule has 0 amide bonds. The molecule has 0 N–H and O–H groups in total. The Kier molecular flexibility index (Phi) is 201. The van der Waals surface area contributed by atoms with Crippen molar-refractivity contribution in [1.29, 1.82) is 0 Å². The molecule has 0 fully saturated rings. The van der Waals surface area contributed by atoms with Crippen LogP contribution in [0.25, 0.3) is 0 Å². The molecule has 0 aliphatic heterocycles. The third-order valence-corrected chi connectivity index (χ3v) is 0. The van der Waals surface area contributed by atoms with Gasteiger partial charge in [0.05, 0.1) is 0 Å². The number of halogens is 3. The molecule has 0 atom stereocenters. The van der Waals surface area contributed by atoms with Crippen molar-refractivity contribution in [2.45, 2.75) is 0 Å². The van der Waals surface area contributed by atoms with Gasteiger partial charge in [-0.25, -0.2) is 0 Å². The Bertz CT molecular complexity index is 9.61. The molecule has 0 aromatic heterocycles. The van der Waals surface area contributed by atoms with E-state index in [0.717, 1.165) is 0 Å². The Balaban J connectivity index is 0. The predicted molar refractivity (Wildman–Crippen MR) is 0 cm³/mol. The summed E-state index contributed by atoms with van der Waals surface area (Å²) in [5.41, 5.74) is 0. The first kappa shape index (κ1) is 39.0. The monoisotopic (exact) mass is 296 g/mol. The van der Waals surface area contributed by atoms with E-state index >= 15 is 0 Å². The fourth-order valence-electron chi connectivity index (χ4n) is 0. The predicted octanol–water partition coefficient (Wildman–Crippen LogP) is -12.0. The van der Waals surface area contributed by atoms with Crippen LogP contribution in [0, 0.1) is 0 Å². The second-order valence-electron chi connectivity index (χ2n) is 0. The molecule has 0 unspecified atom stereocenters. The molecule has 0 aromatic carbocycles. The van der Waals surface area contributed by atoms with Gasteiger partial charge in [0.2, 0.25) is 0 Å². The summed E-state index contributed by atoms with van der Waals surface area (Å²) in [4.78, 5) is 0. The van der Waals surface area contributed by atoms with Gasteiger partial charge in [-0.15, -0.1) is 0 Å². The summed E-state index contributed by atoms with van der Waals surface area (Å²) < 4.78 is 0. The van der Waals surface area contributed by atoms with Crippen LogP contribution in [0.1, 0.15) is 0 Å². The molecule has 0 spiro atoms. The van der Waals surface area contributed by atoms with E-state index in [1.165, 1.54) is 0 Å². The molecule has 0 aliphatic rings. The van der Waals surface area contributed by atoms with Crippen LogP contribution in [-0.2, 0) is 19.5 Å².